The monoisotopic (exact) mass is 661 g/mol. The molecule has 3 rings (SSSR count). The average Bonchev–Trinajstić information content (AvgIpc) is 2.67. The summed E-state index contributed by atoms with van der Waals surface area (Å²) in [5.74, 6) is 0. The Balaban J connectivity index is -0.000000750. The summed E-state index contributed by atoms with van der Waals surface area (Å²) in [4.78, 5) is 14.1. The van der Waals surface area contributed by atoms with Gasteiger partial charge in [0.2, 0.25) is 0 Å². The Morgan fingerprint density at radius 1 is 0.618 bits per heavy atom. The predicted octanol–water partition coefficient (Wildman–Crippen LogP) is -4.70. The smallest absolute Gasteiger partial charge is 1.00 e. The second-order valence-electron chi connectivity index (χ2n) is 6.61. The Kier molecular flexibility index (Phi) is 22.7. The van der Waals surface area contributed by atoms with E-state index >= 15 is 0 Å². The van der Waals surface area contributed by atoms with Crippen LogP contribution in [0.15, 0.2) is 64.6 Å². The summed E-state index contributed by atoms with van der Waals surface area (Å²) in [6.07, 6.45) is 0. The first-order chi connectivity index (χ1) is 13.4. The molecule has 0 atom stereocenters. The second kappa shape index (κ2) is 18.9. The van der Waals surface area contributed by atoms with Crippen LogP contribution in [0, 0.1) is 13.8 Å². The molecule has 0 bridgehead atoms. The van der Waals surface area contributed by atoms with E-state index in [0.717, 1.165) is 45.3 Å². The van der Waals surface area contributed by atoms with E-state index < -0.39 is 0 Å². The summed E-state index contributed by atoms with van der Waals surface area (Å²) in [6.45, 7) is 7.84. The van der Waals surface area contributed by atoms with Crippen LogP contribution in [-0.4, -0.2) is 16.4 Å². The third-order valence-corrected chi connectivity index (χ3v) is 5.04. The van der Waals surface area contributed by atoms with Crippen molar-refractivity contribution in [3.63, 3.8) is 0 Å². The molecule has 0 unspecified atom stereocenters. The van der Waals surface area contributed by atoms with Crippen LogP contribution < -0.4 is 49.6 Å². The minimum absolute atomic E-state index is 0. The normalized spacial score (nSPS) is 10.2. The number of nitrogens with zero attached hydrogens (tertiary/aromatic N) is 3. The third-order valence-electron chi connectivity index (χ3n) is 4.43. The molecule has 0 fully saturated rings. The molecular weight excluding hydrogens is 643 g/mol. The van der Waals surface area contributed by atoms with Gasteiger partial charge in [0.05, 0.1) is 44.2 Å². The number of rotatable bonds is 4. The molecule has 0 radical (unpaired) electrons. The van der Waals surface area contributed by atoms with Crippen molar-refractivity contribution in [2.75, 3.05) is 0 Å². The van der Waals surface area contributed by atoms with Crippen molar-refractivity contribution in [1.82, 2.24) is 4.98 Å². The maximum atomic E-state index is 6.30. The van der Waals surface area contributed by atoms with Crippen molar-refractivity contribution in [2.24, 2.45) is 9.98 Å². The zero-order chi connectivity index (χ0) is 20.3. The van der Waals surface area contributed by atoms with Crippen LogP contribution in [0.4, 0.5) is 11.4 Å². The maximum Gasteiger partial charge on any atom is 2.00 e. The zero-order valence-corrected chi connectivity index (χ0v) is 25.3. The van der Waals surface area contributed by atoms with Crippen LogP contribution in [0.3, 0.4) is 0 Å². The van der Waals surface area contributed by atoms with Crippen molar-refractivity contribution in [1.29, 1.82) is 0 Å². The first kappa shape index (κ1) is 40.9. The van der Waals surface area contributed by atoms with Gasteiger partial charge in [-0.1, -0.05) is 53.5 Å². The van der Waals surface area contributed by atoms with E-state index in [0.29, 0.717) is 10.0 Å². The molecule has 0 aliphatic heterocycles. The topological polar surface area (TPSA) is 37.6 Å². The largest absolute Gasteiger partial charge is 2.00 e. The Morgan fingerprint density at radius 2 is 0.941 bits per heavy atom. The van der Waals surface area contributed by atoms with Crippen molar-refractivity contribution in [3.05, 3.63) is 87.2 Å². The van der Waals surface area contributed by atoms with Crippen molar-refractivity contribution in [3.8, 4) is 0 Å². The molecule has 0 spiro atoms. The first-order valence-electron chi connectivity index (χ1n) is 8.95. The summed E-state index contributed by atoms with van der Waals surface area (Å²) in [6, 6.07) is 17.3. The molecule has 0 amide bonds. The molecule has 0 aliphatic rings. The standard InChI is InChI=1S/C23H21Cl2N3.4ClH.2Fe/c1-14-8-5-10-18(24)22(14)26-16(3)20-12-7-13-21(28-20)17(4)27-23-15(2)9-6-11-19(23)25;;;;;;/h5-13H,1-4H3;4*1H;;/q;;;;;2*+2/p-4. The second-order valence-corrected chi connectivity index (χ2v) is 7.43. The van der Waals surface area contributed by atoms with Crippen LogP contribution >= 0.6 is 23.2 Å². The van der Waals surface area contributed by atoms with Crippen molar-refractivity contribution in [2.45, 2.75) is 27.7 Å². The van der Waals surface area contributed by atoms with Gasteiger partial charge in [-0.05, 0) is 63.1 Å². The molecule has 0 aliphatic carbocycles. The van der Waals surface area contributed by atoms with Crippen LogP contribution in [0.5, 0.6) is 0 Å². The Hall–Kier alpha value is -0.291. The molecule has 11 heteroatoms. The van der Waals surface area contributed by atoms with Gasteiger partial charge in [-0.3, -0.25) is 0 Å². The molecule has 2 aromatic carbocycles. The number of aromatic nitrogens is 1. The first-order valence-corrected chi connectivity index (χ1v) is 9.71. The van der Waals surface area contributed by atoms with Gasteiger partial charge in [0, 0.05) is 0 Å². The van der Waals surface area contributed by atoms with Gasteiger partial charge in [0.15, 0.2) is 0 Å². The SMILES string of the molecule is CC(=Nc1c(C)cccc1Cl)c1cccc(C(C)=Nc2c(C)cccc2Cl)n1.[Cl-].[Cl-].[Cl-].[Cl-].[Fe+2].[Fe+2]. The molecule has 34 heavy (non-hydrogen) atoms. The van der Waals surface area contributed by atoms with Gasteiger partial charge >= 0.3 is 34.1 Å². The van der Waals surface area contributed by atoms with Gasteiger partial charge in [0.25, 0.3) is 0 Å². The molecular formula is C23H21Cl6Fe2N3. The predicted molar refractivity (Wildman–Crippen MR) is 120 cm³/mol. The van der Waals surface area contributed by atoms with E-state index in [-0.39, 0.29) is 83.8 Å². The van der Waals surface area contributed by atoms with E-state index in [1.807, 2.05) is 82.3 Å². The van der Waals surface area contributed by atoms with Crippen molar-refractivity contribution >= 4 is 46.0 Å². The fourth-order valence-corrected chi connectivity index (χ4v) is 3.35. The van der Waals surface area contributed by atoms with Gasteiger partial charge in [-0.2, -0.15) is 0 Å². The number of hydrogen-bond acceptors (Lipinski definition) is 3. The van der Waals surface area contributed by atoms with Gasteiger partial charge in [0.1, 0.15) is 0 Å². The van der Waals surface area contributed by atoms with E-state index in [9.17, 15) is 0 Å². The van der Waals surface area contributed by atoms with E-state index in [2.05, 4.69) is 0 Å². The molecule has 1 heterocycles. The summed E-state index contributed by atoms with van der Waals surface area (Å²) in [7, 11) is 0. The fourth-order valence-electron chi connectivity index (χ4n) is 2.82. The van der Waals surface area contributed by atoms with Crippen LogP contribution in [0.1, 0.15) is 36.4 Å². The zero-order valence-electron chi connectivity index (χ0n) is 18.5. The number of aryl methyl sites for hydroxylation is 2. The van der Waals surface area contributed by atoms with Gasteiger partial charge in [-0.15, -0.1) is 0 Å². The third kappa shape index (κ3) is 10.4. The minimum Gasteiger partial charge on any atom is -1.00 e. The van der Waals surface area contributed by atoms with Crippen LogP contribution in [-0.2, 0) is 34.1 Å². The van der Waals surface area contributed by atoms with Crippen molar-refractivity contribution < 1.29 is 83.8 Å². The van der Waals surface area contributed by atoms with Gasteiger partial charge < -0.3 is 49.6 Å². The number of pyridine rings is 1. The Morgan fingerprint density at radius 3 is 1.26 bits per heavy atom. The average molecular weight is 664 g/mol. The molecule has 3 nitrogen and oxygen atoms in total. The number of halogens is 6. The Labute approximate surface area is 257 Å². The Bertz CT molecular complexity index is 985. The van der Waals surface area contributed by atoms with Gasteiger partial charge in [-0.25, -0.2) is 15.0 Å². The molecule has 1 aromatic heterocycles. The maximum absolute atomic E-state index is 6.30. The summed E-state index contributed by atoms with van der Waals surface area (Å²) >= 11 is 12.6. The number of hydrogen-bond donors (Lipinski definition) is 0. The quantitative estimate of drug-likeness (QED) is 0.205. The minimum atomic E-state index is 0. The molecule has 0 saturated heterocycles. The molecule has 0 saturated carbocycles. The van der Waals surface area contributed by atoms with E-state index in [1.165, 1.54) is 0 Å². The van der Waals surface area contributed by atoms with Crippen LogP contribution in [0.25, 0.3) is 0 Å². The summed E-state index contributed by atoms with van der Waals surface area (Å²) < 4.78 is 0. The summed E-state index contributed by atoms with van der Waals surface area (Å²) in [5.41, 5.74) is 6.73. The fraction of sp³-hybridized carbons (Fsp3) is 0.174. The number of benzene rings is 2. The van der Waals surface area contributed by atoms with Crippen LogP contribution in [0.2, 0.25) is 10.0 Å². The molecule has 186 valence electrons. The molecule has 3 aromatic rings. The summed E-state index contributed by atoms with van der Waals surface area (Å²) in [5, 5.41) is 1.25. The number of para-hydroxylation sites is 2. The van der Waals surface area contributed by atoms with E-state index in [4.69, 9.17) is 38.2 Å². The van der Waals surface area contributed by atoms with E-state index in [1.54, 1.807) is 0 Å². The molecule has 0 N–H and O–H groups in total. The number of aliphatic imine (C=N–C) groups is 2.